The molecule has 3 nitrogen and oxygen atoms in total. The molecule has 1 saturated carbocycles. The Morgan fingerprint density at radius 1 is 1.37 bits per heavy atom. The van der Waals surface area contributed by atoms with Crippen LogP contribution in [0.2, 0.25) is 0 Å². The van der Waals surface area contributed by atoms with Crippen LogP contribution in [-0.2, 0) is 17.9 Å². The van der Waals surface area contributed by atoms with Gasteiger partial charge < -0.3 is 10.1 Å². The highest BCUT2D eigenvalue weighted by molar-refractivity contribution is 7.15. The van der Waals surface area contributed by atoms with E-state index in [4.69, 9.17) is 4.74 Å². The van der Waals surface area contributed by atoms with Crippen molar-refractivity contribution in [3.63, 3.8) is 0 Å². The lowest BCUT2D eigenvalue weighted by Crippen LogP contribution is -2.14. The van der Waals surface area contributed by atoms with Crippen molar-refractivity contribution < 1.29 is 4.74 Å². The standard InChI is InChI=1S/C15H18N2OS/c1-18-10-11-4-2-3-5-14(11)15-17-9-13(19-15)8-16-12-6-7-12/h2-5,9,12,16H,6-8,10H2,1H3. The van der Waals surface area contributed by atoms with Gasteiger partial charge in [-0.1, -0.05) is 24.3 Å². The number of hydrogen-bond acceptors (Lipinski definition) is 4. The molecule has 0 amide bonds. The molecule has 1 fully saturated rings. The van der Waals surface area contributed by atoms with E-state index in [0.717, 1.165) is 17.6 Å². The fourth-order valence-corrected chi connectivity index (χ4v) is 2.98. The van der Waals surface area contributed by atoms with Gasteiger partial charge in [0.15, 0.2) is 0 Å². The van der Waals surface area contributed by atoms with Gasteiger partial charge in [0.1, 0.15) is 5.01 Å². The zero-order valence-corrected chi connectivity index (χ0v) is 11.9. The van der Waals surface area contributed by atoms with Crippen LogP contribution in [-0.4, -0.2) is 18.1 Å². The number of benzene rings is 1. The van der Waals surface area contributed by atoms with Gasteiger partial charge in [0.25, 0.3) is 0 Å². The first-order valence-corrected chi connectivity index (χ1v) is 7.44. The number of ether oxygens (including phenoxy) is 1. The number of nitrogens with one attached hydrogen (secondary N) is 1. The van der Waals surface area contributed by atoms with Gasteiger partial charge >= 0.3 is 0 Å². The summed E-state index contributed by atoms with van der Waals surface area (Å²) in [7, 11) is 1.73. The van der Waals surface area contributed by atoms with Gasteiger partial charge in [-0.2, -0.15) is 0 Å². The van der Waals surface area contributed by atoms with Crippen LogP contribution in [0.3, 0.4) is 0 Å². The molecule has 2 aromatic rings. The van der Waals surface area contributed by atoms with E-state index < -0.39 is 0 Å². The Labute approximate surface area is 117 Å². The monoisotopic (exact) mass is 274 g/mol. The summed E-state index contributed by atoms with van der Waals surface area (Å²) in [5.74, 6) is 0. The lowest BCUT2D eigenvalue weighted by Gasteiger charge is -2.05. The van der Waals surface area contributed by atoms with E-state index in [9.17, 15) is 0 Å². The Morgan fingerprint density at radius 3 is 3.00 bits per heavy atom. The van der Waals surface area contributed by atoms with Crippen LogP contribution >= 0.6 is 11.3 Å². The van der Waals surface area contributed by atoms with E-state index in [2.05, 4.69) is 28.5 Å². The highest BCUT2D eigenvalue weighted by atomic mass is 32.1. The molecule has 0 bridgehead atoms. The molecular weight excluding hydrogens is 256 g/mol. The Hall–Kier alpha value is -1.23. The predicted molar refractivity (Wildman–Crippen MR) is 78.1 cm³/mol. The number of aromatic nitrogens is 1. The molecule has 1 aliphatic carbocycles. The van der Waals surface area contributed by atoms with Crippen LogP contribution in [0.25, 0.3) is 10.6 Å². The van der Waals surface area contributed by atoms with E-state index in [1.807, 2.05) is 12.3 Å². The second-order valence-corrected chi connectivity index (χ2v) is 5.99. The summed E-state index contributed by atoms with van der Waals surface area (Å²) < 4.78 is 5.25. The number of methoxy groups -OCH3 is 1. The van der Waals surface area contributed by atoms with Crippen molar-refractivity contribution in [2.24, 2.45) is 0 Å². The Morgan fingerprint density at radius 2 is 2.21 bits per heavy atom. The molecule has 19 heavy (non-hydrogen) atoms. The Balaban J connectivity index is 1.77. The molecule has 1 heterocycles. The van der Waals surface area contributed by atoms with Crippen molar-refractivity contribution in [2.75, 3.05) is 7.11 Å². The molecule has 1 aromatic heterocycles. The van der Waals surface area contributed by atoms with E-state index in [1.165, 1.54) is 28.8 Å². The first kappa shape index (κ1) is 12.8. The van der Waals surface area contributed by atoms with Crippen LogP contribution in [0.15, 0.2) is 30.5 Å². The summed E-state index contributed by atoms with van der Waals surface area (Å²) >= 11 is 1.77. The van der Waals surface area contributed by atoms with E-state index in [-0.39, 0.29) is 0 Å². The third-order valence-corrected chi connectivity index (χ3v) is 4.27. The molecule has 1 aromatic carbocycles. The lowest BCUT2D eigenvalue weighted by molar-refractivity contribution is 0.185. The largest absolute Gasteiger partial charge is 0.380 e. The molecular formula is C15H18N2OS. The highest BCUT2D eigenvalue weighted by Crippen LogP contribution is 2.29. The Bertz CT molecular complexity index is 549. The molecule has 100 valence electrons. The molecule has 0 radical (unpaired) electrons. The molecule has 0 saturated heterocycles. The summed E-state index contributed by atoms with van der Waals surface area (Å²) in [4.78, 5) is 5.85. The van der Waals surface area contributed by atoms with Crippen molar-refractivity contribution >= 4 is 11.3 Å². The minimum atomic E-state index is 0.630. The van der Waals surface area contributed by atoms with Crippen molar-refractivity contribution in [1.82, 2.24) is 10.3 Å². The summed E-state index contributed by atoms with van der Waals surface area (Å²) in [5.41, 5.74) is 2.38. The number of nitrogens with zero attached hydrogens (tertiary/aromatic N) is 1. The van der Waals surface area contributed by atoms with Gasteiger partial charge in [-0.15, -0.1) is 11.3 Å². The average Bonchev–Trinajstić information content (AvgIpc) is 3.15. The van der Waals surface area contributed by atoms with E-state index >= 15 is 0 Å². The molecule has 0 aliphatic heterocycles. The number of rotatable bonds is 6. The quantitative estimate of drug-likeness (QED) is 0.878. The van der Waals surface area contributed by atoms with Crippen LogP contribution in [0.4, 0.5) is 0 Å². The second kappa shape index (κ2) is 5.82. The van der Waals surface area contributed by atoms with Gasteiger partial charge in [0, 0.05) is 36.3 Å². The van der Waals surface area contributed by atoms with Gasteiger partial charge in [-0.25, -0.2) is 4.98 Å². The summed E-state index contributed by atoms with van der Waals surface area (Å²) in [6, 6.07) is 9.05. The van der Waals surface area contributed by atoms with E-state index in [1.54, 1.807) is 18.4 Å². The van der Waals surface area contributed by atoms with Gasteiger partial charge in [0.05, 0.1) is 6.61 Å². The molecule has 4 heteroatoms. The number of hydrogen-bond donors (Lipinski definition) is 1. The molecule has 0 unspecified atom stereocenters. The van der Waals surface area contributed by atoms with Gasteiger partial charge in [0.2, 0.25) is 0 Å². The topological polar surface area (TPSA) is 34.1 Å². The SMILES string of the molecule is COCc1ccccc1-c1ncc(CNC2CC2)s1. The maximum atomic E-state index is 5.25. The summed E-state index contributed by atoms with van der Waals surface area (Å²) in [6.45, 7) is 1.57. The van der Waals surface area contributed by atoms with Gasteiger partial charge in [-0.05, 0) is 18.4 Å². The minimum absolute atomic E-state index is 0.630. The predicted octanol–water partition coefficient (Wildman–Crippen LogP) is 3.21. The third kappa shape index (κ3) is 3.21. The smallest absolute Gasteiger partial charge is 0.123 e. The maximum absolute atomic E-state index is 5.25. The molecule has 0 spiro atoms. The second-order valence-electron chi connectivity index (χ2n) is 4.88. The first-order valence-electron chi connectivity index (χ1n) is 6.62. The Kier molecular flexibility index (Phi) is 3.92. The average molecular weight is 274 g/mol. The molecule has 1 N–H and O–H groups in total. The normalized spacial score (nSPS) is 14.8. The van der Waals surface area contributed by atoms with Crippen molar-refractivity contribution in [3.8, 4) is 10.6 Å². The van der Waals surface area contributed by atoms with E-state index in [0.29, 0.717) is 6.61 Å². The third-order valence-electron chi connectivity index (χ3n) is 3.24. The molecule has 0 atom stereocenters. The van der Waals surface area contributed by atoms with Crippen LogP contribution in [0.5, 0.6) is 0 Å². The highest BCUT2D eigenvalue weighted by Gasteiger charge is 2.20. The van der Waals surface area contributed by atoms with Crippen LogP contribution < -0.4 is 5.32 Å². The zero-order chi connectivity index (χ0) is 13.1. The fourth-order valence-electron chi connectivity index (χ4n) is 2.06. The lowest BCUT2D eigenvalue weighted by atomic mass is 10.1. The van der Waals surface area contributed by atoms with Gasteiger partial charge in [-0.3, -0.25) is 0 Å². The minimum Gasteiger partial charge on any atom is -0.380 e. The molecule has 1 aliphatic rings. The van der Waals surface area contributed by atoms with Crippen LogP contribution in [0.1, 0.15) is 23.3 Å². The summed E-state index contributed by atoms with van der Waals surface area (Å²) in [5, 5.41) is 4.61. The van der Waals surface area contributed by atoms with Crippen molar-refractivity contribution in [1.29, 1.82) is 0 Å². The van der Waals surface area contributed by atoms with Crippen molar-refractivity contribution in [3.05, 3.63) is 40.9 Å². The number of thiazole rings is 1. The summed E-state index contributed by atoms with van der Waals surface area (Å²) in [6.07, 6.45) is 4.63. The van der Waals surface area contributed by atoms with Crippen molar-refractivity contribution in [2.45, 2.75) is 32.0 Å². The maximum Gasteiger partial charge on any atom is 0.123 e. The fraction of sp³-hybridized carbons (Fsp3) is 0.400. The van der Waals surface area contributed by atoms with Crippen LogP contribution in [0, 0.1) is 0 Å². The molecule has 3 rings (SSSR count). The first-order chi connectivity index (χ1) is 9.36. The zero-order valence-electron chi connectivity index (χ0n) is 11.1.